The monoisotopic (exact) mass is 267 g/mol. The van der Waals surface area contributed by atoms with Gasteiger partial charge >= 0.3 is 0 Å². The molecule has 3 rings (SSSR count). The zero-order valence-corrected chi connectivity index (χ0v) is 12.4. The summed E-state index contributed by atoms with van der Waals surface area (Å²) < 4.78 is 0. The van der Waals surface area contributed by atoms with E-state index < -0.39 is 0 Å². The summed E-state index contributed by atoms with van der Waals surface area (Å²) >= 11 is 0. The number of aryl methyl sites for hydroxylation is 1. The minimum atomic E-state index is 0.308. The van der Waals surface area contributed by atoms with Crippen LogP contribution in [0.1, 0.15) is 54.0 Å². The van der Waals surface area contributed by atoms with Gasteiger partial charge in [0.25, 0.3) is 0 Å². The third-order valence-electron chi connectivity index (χ3n) is 4.18. The van der Waals surface area contributed by atoms with Crippen LogP contribution in [0.2, 0.25) is 0 Å². The molecule has 3 heteroatoms. The lowest BCUT2D eigenvalue weighted by Crippen LogP contribution is -2.23. The van der Waals surface area contributed by atoms with Gasteiger partial charge in [0.2, 0.25) is 0 Å². The summed E-state index contributed by atoms with van der Waals surface area (Å²) in [6.45, 7) is 7.32. The normalized spacial score (nSPS) is 18.2. The molecular weight excluding hydrogens is 246 g/mol. The Labute approximate surface area is 120 Å². The van der Waals surface area contributed by atoms with E-state index in [9.17, 15) is 0 Å². The van der Waals surface area contributed by atoms with Crippen molar-refractivity contribution in [2.45, 2.75) is 39.2 Å². The van der Waals surface area contributed by atoms with Gasteiger partial charge in [-0.3, -0.25) is 0 Å². The first kappa shape index (κ1) is 13.3. The average molecular weight is 267 g/mol. The van der Waals surface area contributed by atoms with Crippen molar-refractivity contribution >= 4 is 0 Å². The van der Waals surface area contributed by atoms with Crippen LogP contribution in [-0.2, 0) is 6.42 Å². The van der Waals surface area contributed by atoms with E-state index in [1.807, 2.05) is 6.20 Å². The van der Waals surface area contributed by atoms with E-state index in [0.29, 0.717) is 12.0 Å². The molecule has 1 aliphatic carbocycles. The van der Waals surface area contributed by atoms with Gasteiger partial charge in [0.15, 0.2) is 0 Å². The highest BCUT2D eigenvalue weighted by Crippen LogP contribution is 2.38. The molecule has 0 saturated heterocycles. The summed E-state index contributed by atoms with van der Waals surface area (Å²) in [5, 5.41) is 3.41. The van der Waals surface area contributed by atoms with Gasteiger partial charge in [-0.15, -0.1) is 0 Å². The Morgan fingerprint density at radius 3 is 2.85 bits per heavy atom. The topological polar surface area (TPSA) is 37.8 Å². The van der Waals surface area contributed by atoms with E-state index >= 15 is 0 Å². The van der Waals surface area contributed by atoms with Gasteiger partial charge in [-0.05, 0) is 37.9 Å². The van der Waals surface area contributed by atoms with E-state index in [4.69, 9.17) is 4.98 Å². The van der Waals surface area contributed by atoms with Crippen LogP contribution < -0.4 is 5.32 Å². The highest BCUT2D eigenvalue weighted by Gasteiger charge is 2.29. The smallest absolute Gasteiger partial charge is 0.136 e. The average Bonchev–Trinajstić information content (AvgIpc) is 2.40. The van der Waals surface area contributed by atoms with E-state index in [0.717, 1.165) is 24.5 Å². The molecule has 2 aromatic rings. The minimum absolute atomic E-state index is 0.308. The van der Waals surface area contributed by atoms with Crippen LogP contribution in [0, 0.1) is 6.92 Å². The first-order chi connectivity index (χ1) is 9.70. The molecule has 20 heavy (non-hydrogen) atoms. The molecule has 0 amide bonds. The quantitative estimate of drug-likeness (QED) is 0.924. The molecule has 2 atom stereocenters. The van der Waals surface area contributed by atoms with Gasteiger partial charge in [-0.1, -0.05) is 31.2 Å². The molecule has 2 unspecified atom stereocenters. The molecule has 1 aliphatic rings. The standard InChI is InChI=1S/C17H21N3/c1-4-18-11(2)16-10-19-17(20-12(16)3)15-9-13-7-5-6-8-14(13)15/h5-8,10-11,15,18H,4,9H2,1-3H3. The fourth-order valence-corrected chi connectivity index (χ4v) is 2.99. The molecule has 0 radical (unpaired) electrons. The summed E-state index contributed by atoms with van der Waals surface area (Å²) in [5.41, 5.74) is 5.11. The molecule has 1 heterocycles. The molecule has 104 valence electrons. The number of hydrogen-bond donors (Lipinski definition) is 1. The maximum Gasteiger partial charge on any atom is 0.136 e. The number of hydrogen-bond acceptors (Lipinski definition) is 3. The van der Waals surface area contributed by atoms with Crippen LogP contribution in [0.15, 0.2) is 30.5 Å². The Morgan fingerprint density at radius 1 is 1.35 bits per heavy atom. The number of benzene rings is 1. The maximum atomic E-state index is 4.75. The highest BCUT2D eigenvalue weighted by molar-refractivity contribution is 5.44. The maximum absolute atomic E-state index is 4.75. The molecule has 1 aromatic carbocycles. The van der Waals surface area contributed by atoms with Gasteiger partial charge in [-0.25, -0.2) is 9.97 Å². The molecule has 0 bridgehead atoms. The van der Waals surface area contributed by atoms with E-state index in [2.05, 4.69) is 55.3 Å². The number of nitrogens with zero attached hydrogens (tertiary/aromatic N) is 2. The van der Waals surface area contributed by atoms with Crippen LogP contribution in [0.4, 0.5) is 0 Å². The van der Waals surface area contributed by atoms with Gasteiger partial charge in [0.05, 0.1) is 0 Å². The van der Waals surface area contributed by atoms with Crippen molar-refractivity contribution in [2.24, 2.45) is 0 Å². The number of rotatable bonds is 4. The van der Waals surface area contributed by atoms with Crippen LogP contribution in [0.25, 0.3) is 0 Å². The number of aromatic nitrogens is 2. The number of fused-ring (bicyclic) bond motifs is 1. The second-order valence-corrected chi connectivity index (χ2v) is 5.50. The Hall–Kier alpha value is -1.74. The van der Waals surface area contributed by atoms with Crippen molar-refractivity contribution in [3.05, 3.63) is 58.7 Å². The Balaban J connectivity index is 1.86. The molecule has 1 N–H and O–H groups in total. The van der Waals surface area contributed by atoms with Crippen molar-refractivity contribution in [2.75, 3.05) is 6.54 Å². The van der Waals surface area contributed by atoms with Gasteiger partial charge in [0, 0.05) is 29.4 Å². The first-order valence-corrected chi connectivity index (χ1v) is 7.35. The summed E-state index contributed by atoms with van der Waals surface area (Å²) in [4.78, 5) is 9.36. The molecule has 1 aromatic heterocycles. The van der Waals surface area contributed by atoms with Crippen molar-refractivity contribution in [3.63, 3.8) is 0 Å². The van der Waals surface area contributed by atoms with E-state index in [-0.39, 0.29) is 0 Å². The number of nitrogens with one attached hydrogen (secondary N) is 1. The van der Waals surface area contributed by atoms with E-state index in [1.54, 1.807) is 0 Å². The lowest BCUT2D eigenvalue weighted by molar-refractivity contribution is 0.582. The Kier molecular flexibility index (Phi) is 3.53. The molecule has 0 fully saturated rings. The molecule has 0 spiro atoms. The third kappa shape index (κ3) is 2.22. The van der Waals surface area contributed by atoms with Crippen LogP contribution in [0.3, 0.4) is 0 Å². The van der Waals surface area contributed by atoms with E-state index in [1.165, 1.54) is 16.7 Å². The summed E-state index contributed by atoms with van der Waals surface area (Å²) in [6, 6.07) is 8.89. The van der Waals surface area contributed by atoms with Crippen molar-refractivity contribution in [1.82, 2.24) is 15.3 Å². The predicted octanol–water partition coefficient (Wildman–Crippen LogP) is 3.14. The fraction of sp³-hybridized carbons (Fsp3) is 0.412. The minimum Gasteiger partial charge on any atom is -0.310 e. The first-order valence-electron chi connectivity index (χ1n) is 7.35. The molecule has 0 saturated carbocycles. The molecular formula is C17H21N3. The predicted molar refractivity (Wildman–Crippen MR) is 80.8 cm³/mol. The van der Waals surface area contributed by atoms with Crippen molar-refractivity contribution < 1.29 is 0 Å². The third-order valence-corrected chi connectivity index (χ3v) is 4.18. The van der Waals surface area contributed by atoms with Crippen molar-refractivity contribution in [3.8, 4) is 0 Å². The zero-order chi connectivity index (χ0) is 14.1. The largest absolute Gasteiger partial charge is 0.310 e. The summed E-state index contributed by atoms with van der Waals surface area (Å²) in [5.74, 6) is 1.35. The Bertz CT molecular complexity index is 621. The second-order valence-electron chi connectivity index (χ2n) is 5.50. The summed E-state index contributed by atoms with van der Waals surface area (Å²) in [6.07, 6.45) is 3.06. The van der Waals surface area contributed by atoms with Gasteiger partial charge in [-0.2, -0.15) is 0 Å². The van der Waals surface area contributed by atoms with Gasteiger partial charge in [0.1, 0.15) is 5.82 Å². The second kappa shape index (κ2) is 5.33. The van der Waals surface area contributed by atoms with Crippen LogP contribution in [-0.4, -0.2) is 16.5 Å². The van der Waals surface area contributed by atoms with Crippen LogP contribution >= 0.6 is 0 Å². The molecule has 3 nitrogen and oxygen atoms in total. The Morgan fingerprint density at radius 2 is 2.15 bits per heavy atom. The van der Waals surface area contributed by atoms with Crippen LogP contribution in [0.5, 0.6) is 0 Å². The lowest BCUT2D eigenvalue weighted by Gasteiger charge is -2.29. The fourth-order valence-electron chi connectivity index (χ4n) is 2.99. The van der Waals surface area contributed by atoms with Gasteiger partial charge < -0.3 is 5.32 Å². The van der Waals surface area contributed by atoms with Crippen molar-refractivity contribution in [1.29, 1.82) is 0 Å². The zero-order valence-electron chi connectivity index (χ0n) is 12.4. The molecule has 0 aliphatic heterocycles. The summed E-state index contributed by atoms with van der Waals surface area (Å²) in [7, 11) is 0. The lowest BCUT2D eigenvalue weighted by atomic mass is 9.77. The SMILES string of the molecule is CCNC(C)c1cnc(C2Cc3ccccc32)nc1C. The highest BCUT2D eigenvalue weighted by atomic mass is 14.9.